The van der Waals surface area contributed by atoms with Crippen LogP contribution < -0.4 is 5.73 Å². The van der Waals surface area contributed by atoms with E-state index in [4.69, 9.17) is 5.73 Å². The van der Waals surface area contributed by atoms with Crippen molar-refractivity contribution in [1.29, 1.82) is 0 Å². The van der Waals surface area contributed by atoms with E-state index < -0.39 is 0 Å². The Labute approximate surface area is 99.1 Å². The van der Waals surface area contributed by atoms with Gasteiger partial charge in [0.15, 0.2) is 0 Å². The van der Waals surface area contributed by atoms with E-state index in [0.717, 1.165) is 11.6 Å². The molecule has 0 aliphatic carbocycles. The molecular weight excluding hydrogens is 218 g/mol. The minimum atomic E-state index is 0.523. The first-order chi connectivity index (χ1) is 7.74. The standard InChI is InChI=1S/C12H13N3S/c1-9-2-4-10(5-3-9)16-8-12-14-7-6-11(13)15-12/h2-7H,8H2,1H3,(H2,13,14,15). The number of aromatic nitrogens is 2. The van der Waals surface area contributed by atoms with Crippen molar-refractivity contribution in [3.63, 3.8) is 0 Å². The number of nitrogens with two attached hydrogens (primary N) is 1. The third-order valence-electron chi connectivity index (χ3n) is 2.12. The maximum atomic E-state index is 5.59. The highest BCUT2D eigenvalue weighted by Gasteiger charge is 1.99. The quantitative estimate of drug-likeness (QED) is 0.825. The van der Waals surface area contributed by atoms with Gasteiger partial charge >= 0.3 is 0 Å². The minimum absolute atomic E-state index is 0.523. The first-order valence-corrected chi connectivity index (χ1v) is 5.99. The summed E-state index contributed by atoms with van der Waals surface area (Å²) < 4.78 is 0. The number of aryl methyl sites for hydroxylation is 1. The molecule has 1 aromatic carbocycles. The maximum absolute atomic E-state index is 5.59. The van der Waals surface area contributed by atoms with Crippen LogP contribution in [0.3, 0.4) is 0 Å². The molecule has 0 aliphatic heterocycles. The van der Waals surface area contributed by atoms with E-state index in [0.29, 0.717) is 5.82 Å². The summed E-state index contributed by atoms with van der Waals surface area (Å²) in [6, 6.07) is 10.1. The van der Waals surface area contributed by atoms with Crippen LogP contribution in [0.4, 0.5) is 5.82 Å². The van der Waals surface area contributed by atoms with Crippen molar-refractivity contribution in [2.24, 2.45) is 0 Å². The van der Waals surface area contributed by atoms with Gasteiger partial charge in [0, 0.05) is 11.1 Å². The number of hydrogen-bond donors (Lipinski definition) is 1. The van der Waals surface area contributed by atoms with Crippen molar-refractivity contribution in [1.82, 2.24) is 9.97 Å². The topological polar surface area (TPSA) is 51.8 Å². The predicted octanol–water partition coefficient (Wildman–Crippen LogP) is 2.66. The van der Waals surface area contributed by atoms with Crippen LogP contribution in [0, 0.1) is 6.92 Å². The van der Waals surface area contributed by atoms with Crippen molar-refractivity contribution >= 4 is 17.6 Å². The maximum Gasteiger partial charge on any atom is 0.140 e. The molecule has 0 bridgehead atoms. The zero-order valence-electron chi connectivity index (χ0n) is 9.05. The third-order valence-corrected chi connectivity index (χ3v) is 3.12. The molecule has 1 heterocycles. The molecule has 4 heteroatoms. The second-order valence-corrected chi connectivity index (χ2v) is 4.55. The van der Waals surface area contributed by atoms with E-state index in [1.807, 2.05) is 0 Å². The lowest BCUT2D eigenvalue weighted by molar-refractivity contribution is 1.04. The second kappa shape index (κ2) is 4.99. The van der Waals surface area contributed by atoms with E-state index in [2.05, 4.69) is 41.2 Å². The van der Waals surface area contributed by atoms with Crippen LogP contribution in [-0.2, 0) is 5.75 Å². The summed E-state index contributed by atoms with van der Waals surface area (Å²) in [5.41, 5.74) is 6.86. The predicted molar refractivity (Wildman–Crippen MR) is 67.2 cm³/mol. The Morgan fingerprint density at radius 3 is 2.62 bits per heavy atom. The zero-order valence-corrected chi connectivity index (χ0v) is 9.87. The van der Waals surface area contributed by atoms with Crippen LogP contribution in [0.25, 0.3) is 0 Å². The lowest BCUT2D eigenvalue weighted by Gasteiger charge is -2.01. The SMILES string of the molecule is Cc1ccc(SCc2nccc(N)n2)cc1. The van der Waals surface area contributed by atoms with E-state index in [1.165, 1.54) is 10.5 Å². The first kappa shape index (κ1) is 11.0. The van der Waals surface area contributed by atoms with Gasteiger partial charge in [0.2, 0.25) is 0 Å². The Balaban J connectivity index is 1.99. The Morgan fingerprint density at radius 2 is 1.94 bits per heavy atom. The van der Waals surface area contributed by atoms with Gasteiger partial charge in [0.1, 0.15) is 11.6 Å². The lowest BCUT2D eigenvalue weighted by atomic mass is 10.2. The number of hydrogen-bond acceptors (Lipinski definition) is 4. The fraction of sp³-hybridized carbons (Fsp3) is 0.167. The van der Waals surface area contributed by atoms with Gasteiger partial charge in [0.05, 0.1) is 5.75 Å². The summed E-state index contributed by atoms with van der Waals surface area (Å²) in [6.07, 6.45) is 1.69. The van der Waals surface area contributed by atoms with Gasteiger partial charge in [0.25, 0.3) is 0 Å². The summed E-state index contributed by atoms with van der Waals surface area (Å²) >= 11 is 1.71. The highest BCUT2D eigenvalue weighted by Crippen LogP contribution is 2.21. The van der Waals surface area contributed by atoms with E-state index in [1.54, 1.807) is 24.0 Å². The first-order valence-electron chi connectivity index (χ1n) is 5.01. The second-order valence-electron chi connectivity index (χ2n) is 3.50. The molecule has 2 aromatic rings. The Kier molecular flexibility index (Phi) is 3.41. The molecule has 0 saturated carbocycles. The summed E-state index contributed by atoms with van der Waals surface area (Å²) in [6.45, 7) is 2.08. The Morgan fingerprint density at radius 1 is 1.19 bits per heavy atom. The minimum Gasteiger partial charge on any atom is -0.384 e. The number of anilines is 1. The number of nitrogens with zero attached hydrogens (tertiary/aromatic N) is 2. The van der Waals surface area contributed by atoms with Crippen molar-refractivity contribution in [3.8, 4) is 0 Å². The highest BCUT2D eigenvalue weighted by atomic mass is 32.2. The average Bonchev–Trinajstić information content (AvgIpc) is 2.28. The third kappa shape index (κ3) is 2.97. The molecule has 2 rings (SSSR count). The van der Waals surface area contributed by atoms with Gasteiger partial charge in [-0.15, -0.1) is 11.8 Å². The normalized spacial score (nSPS) is 10.3. The molecule has 0 saturated heterocycles. The molecule has 0 spiro atoms. The number of benzene rings is 1. The molecule has 0 unspecified atom stereocenters. The zero-order chi connectivity index (χ0) is 11.4. The fourth-order valence-electron chi connectivity index (χ4n) is 1.27. The number of nitrogen functional groups attached to an aromatic ring is 1. The van der Waals surface area contributed by atoms with Crippen LogP contribution in [0.2, 0.25) is 0 Å². The van der Waals surface area contributed by atoms with Crippen molar-refractivity contribution in [3.05, 3.63) is 47.9 Å². The van der Waals surface area contributed by atoms with Gasteiger partial charge in [-0.3, -0.25) is 0 Å². The largest absolute Gasteiger partial charge is 0.384 e. The molecule has 16 heavy (non-hydrogen) atoms. The van der Waals surface area contributed by atoms with Gasteiger partial charge in [-0.1, -0.05) is 17.7 Å². The van der Waals surface area contributed by atoms with Crippen LogP contribution >= 0.6 is 11.8 Å². The molecule has 0 amide bonds. The van der Waals surface area contributed by atoms with Crippen LogP contribution in [0.5, 0.6) is 0 Å². The molecule has 0 atom stereocenters. The van der Waals surface area contributed by atoms with Crippen molar-refractivity contribution < 1.29 is 0 Å². The lowest BCUT2D eigenvalue weighted by Crippen LogP contribution is -1.96. The molecule has 0 fully saturated rings. The van der Waals surface area contributed by atoms with Crippen molar-refractivity contribution in [2.75, 3.05) is 5.73 Å². The molecule has 0 aliphatic rings. The number of rotatable bonds is 3. The van der Waals surface area contributed by atoms with E-state index in [9.17, 15) is 0 Å². The average molecular weight is 231 g/mol. The molecule has 2 N–H and O–H groups in total. The Bertz CT molecular complexity index is 468. The van der Waals surface area contributed by atoms with E-state index >= 15 is 0 Å². The van der Waals surface area contributed by atoms with Crippen LogP contribution in [0.1, 0.15) is 11.4 Å². The summed E-state index contributed by atoms with van der Waals surface area (Å²) in [5, 5.41) is 0. The fourth-order valence-corrected chi connectivity index (χ4v) is 2.03. The Hall–Kier alpha value is -1.55. The molecule has 1 aromatic heterocycles. The van der Waals surface area contributed by atoms with Gasteiger partial charge in [-0.25, -0.2) is 9.97 Å². The van der Waals surface area contributed by atoms with E-state index in [-0.39, 0.29) is 0 Å². The monoisotopic (exact) mass is 231 g/mol. The van der Waals surface area contributed by atoms with Gasteiger partial charge in [-0.2, -0.15) is 0 Å². The molecule has 3 nitrogen and oxygen atoms in total. The highest BCUT2D eigenvalue weighted by molar-refractivity contribution is 7.98. The summed E-state index contributed by atoms with van der Waals surface area (Å²) in [7, 11) is 0. The molecule has 0 radical (unpaired) electrons. The van der Waals surface area contributed by atoms with Gasteiger partial charge in [-0.05, 0) is 25.1 Å². The summed E-state index contributed by atoms with van der Waals surface area (Å²) in [5.74, 6) is 2.04. The number of thioether (sulfide) groups is 1. The smallest absolute Gasteiger partial charge is 0.140 e. The summed E-state index contributed by atoms with van der Waals surface area (Å²) in [4.78, 5) is 9.53. The van der Waals surface area contributed by atoms with Gasteiger partial charge < -0.3 is 5.73 Å². The van der Waals surface area contributed by atoms with Crippen molar-refractivity contribution in [2.45, 2.75) is 17.6 Å². The molecular formula is C12H13N3S. The molecule has 82 valence electrons. The van der Waals surface area contributed by atoms with Crippen LogP contribution in [-0.4, -0.2) is 9.97 Å². The van der Waals surface area contributed by atoms with Crippen LogP contribution in [0.15, 0.2) is 41.4 Å².